The van der Waals surface area contributed by atoms with Crippen molar-refractivity contribution in [3.63, 3.8) is 0 Å². The van der Waals surface area contributed by atoms with E-state index in [0.717, 1.165) is 43.4 Å². The van der Waals surface area contributed by atoms with Gasteiger partial charge in [-0.2, -0.15) is 0 Å². The first-order valence-electron chi connectivity index (χ1n) is 15.8. The minimum Gasteiger partial charge on any atom is -0.508 e. The zero-order chi connectivity index (χ0) is 30.2. The van der Waals surface area contributed by atoms with Gasteiger partial charge in [0.25, 0.3) is 0 Å². The van der Waals surface area contributed by atoms with E-state index in [4.69, 9.17) is 0 Å². The Morgan fingerprint density at radius 1 is 0.488 bits per heavy atom. The fraction of sp³-hybridized carbons (Fsp3) is 0.385. The van der Waals surface area contributed by atoms with E-state index >= 15 is 0 Å². The molecule has 0 aliphatic heterocycles. The van der Waals surface area contributed by atoms with Gasteiger partial charge in [-0.25, -0.2) is 0 Å². The second-order valence-corrected chi connectivity index (χ2v) is 14.2. The zero-order valence-corrected chi connectivity index (χ0v) is 26.2. The molecule has 0 radical (unpaired) electrons. The Hall–Kier alpha value is -3.37. The Morgan fingerprint density at radius 2 is 0.744 bits per heavy atom. The highest BCUT2D eigenvalue weighted by Crippen LogP contribution is 2.57. The van der Waals surface area contributed by atoms with Gasteiger partial charge in [0.2, 0.25) is 0 Å². The molecule has 2 aliphatic rings. The third-order valence-electron chi connectivity index (χ3n) is 11.5. The SMILES string of the molecule is CC(C)(C1CCC(c2ccc(O)cc2)(c2ccc(O)cc2)CC1)C1CCC(c2ccc(O)cc2)(c2ccc(S)cc2)CC1. The van der Waals surface area contributed by atoms with E-state index in [1.165, 1.54) is 35.1 Å². The molecule has 0 bridgehead atoms. The van der Waals surface area contributed by atoms with Crippen molar-refractivity contribution in [3.05, 3.63) is 119 Å². The number of phenols is 3. The van der Waals surface area contributed by atoms with Crippen LogP contribution in [0.5, 0.6) is 17.2 Å². The van der Waals surface area contributed by atoms with Crippen LogP contribution in [0.15, 0.2) is 102 Å². The van der Waals surface area contributed by atoms with Crippen LogP contribution in [0.2, 0.25) is 0 Å². The van der Waals surface area contributed by atoms with E-state index in [9.17, 15) is 15.3 Å². The summed E-state index contributed by atoms with van der Waals surface area (Å²) >= 11 is 4.55. The molecule has 6 rings (SSSR count). The summed E-state index contributed by atoms with van der Waals surface area (Å²) in [6.07, 6.45) is 8.94. The third kappa shape index (κ3) is 5.55. The molecule has 0 unspecified atom stereocenters. The number of aromatic hydroxyl groups is 3. The number of phenolic OH excluding ortho intramolecular Hbond substituents is 3. The van der Waals surface area contributed by atoms with Crippen molar-refractivity contribution in [3.8, 4) is 17.2 Å². The molecule has 3 N–H and O–H groups in total. The average Bonchev–Trinajstić information content (AvgIpc) is 3.02. The van der Waals surface area contributed by atoms with Crippen LogP contribution in [0, 0.1) is 17.3 Å². The molecule has 0 aromatic heterocycles. The molecule has 0 atom stereocenters. The van der Waals surface area contributed by atoms with Crippen molar-refractivity contribution in [1.82, 2.24) is 0 Å². The molecule has 3 nitrogen and oxygen atoms in total. The maximum atomic E-state index is 10.0. The summed E-state index contributed by atoms with van der Waals surface area (Å²) < 4.78 is 0. The van der Waals surface area contributed by atoms with Crippen molar-refractivity contribution in [1.29, 1.82) is 0 Å². The van der Waals surface area contributed by atoms with Gasteiger partial charge in [-0.1, -0.05) is 62.4 Å². The largest absolute Gasteiger partial charge is 0.508 e. The molecular weight excluding hydrogens is 548 g/mol. The molecule has 4 heteroatoms. The van der Waals surface area contributed by atoms with Gasteiger partial charge in [0.15, 0.2) is 0 Å². The predicted octanol–water partition coefficient (Wildman–Crippen LogP) is 9.77. The second kappa shape index (κ2) is 11.6. The molecule has 43 heavy (non-hydrogen) atoms. The van der Waals surface area contributed by atoms with Gasteiger partial charge >= 0.3 is 0 Å². The summed E-state index contributed by atoms with van der Waals surface area (Å²) in [7, 11) is 0. The summed E-state index contributed by atoms with van der Waals surface area (Å²) in [6.45, 7) is 5.03. The molecule has 0 saturated heterocycles. The number of hydrogen-bond acceptors (Lipinski definition) is 4. The van der Waals surface area contributed by atoms with E-state index in [1.54, 1.807) is 24.3 Å². The van der Waals surface area contributed by atoms with Crippen molar-refractivity contribution >= 4 is 12.6 Å². The van der Waals surface area contributed by atoms with E-state index in [2.05, 4.69) is 87.1 Å². The van der Waals surface area contributed by atoms with Gasteiger partial charge < -0.3 is 15.3 Å². The lowest BCUT2D eigenvalue weighted by molar-refractivity contribution is 0.0364. The van der Waals surface area contributed by atoms with Gasteiger partial charge in [-0.05, 0) is 139 Å². The molecule has 0 heterocycles. The van der Waals surface area contributed by atoms with Crippen LogP contribution in [0.1, 0.15) is 87.5 Å². The van der Waals surface area contributed by atoms with Crippen molar-refractivity contribution in [2.75, 3.05) is 0 Å². The fourth-order valence-electron chi connectivity index (χ4n) is 8.65. The standard InChI is InChI=1S/C39H44O3S/c1-37(2,27-19-23-38(24-20-27,29-3-11-33(40)12-4-29)30-5-13-34(41)14-6-30)28-21-25-39(26-22-28,31-7-15-35(42)16-8-31)32-9-17-36(43)18-10-32/h3-18,27-28,40-43H,19-26H2,1-2H3. The van der Waals surface area contributed by atoms with E-state index in [1.807, 2.05) is 12.1 Å². The number of benzene rings is 4. The fourth-order valence-corrected chi connectivity index (χ4v) is 8.80. The van der Waals surface area contributed by atoms with Crippen LogP contribution in [0.25, 0.3) is 0 Å². The molecule has 4 aromatic rings. The van der Waals surface area contributed by atoms with Crippen LogP contribution in [0.4, 0.5) is 0 Å². The summed E-state index contributed by atoms with van der Waals surface area (Å²) in [6, 6.07) is 32.1. The molecule has 0 spiro atoms. The van der Waals surface area contributed by atoms with Crippen molar-refractivity contribution in [2.24, 2.45) is 17.3 Å². The monoisotopic (exact) mass is 592 g/mol. The Kier molecular flexibility index (Phi) is 8.02. The van der Waals surface area contributed by atoms with E-state index < -0.39 is 0 Å². The summed E-state index contributed by atoms with van der Waals surface area (Å²) in [4.78, 5) is 0.979. The smallest absolute Gasteiger partial charge is 0.115 e. The highest BCUT2D eigenvalue weighted by molar-refractivity contribution is 7.80. The minimum atomic E-state index is -0.117. The Morgan fingerprint density at radius 3 is 1.02 bits per heavy atom. The van der Waals surface area contributed by atoms with Gasteiger partial charge in [0.05, 0.1) is 0 Å². The first-order valence-corrected chi connectivity index (χ1v) is 16.3. The molecule has 2 aliphatic carbocycles. The normalized spacial score (nSPS) is 22.7. The lowest BCUT2D eigenvalue weighted by Gasteiger charge is -2.51. The Balaban J connectivity index is 1.23. The molecule has 2 fully saturated rings. The second-order valence-electron chi connectivity index (χ2n) is 13.7. The maximum Gasteiger partial charge on any atom is 0.115 e. The lowest BCUT2D eigenvalue weighted by atomic mass is 9.53. The van der Waals surface area contributed by atoms with E-state index in [-0.39, 0.29) is 16.2 Å². The zero-order valence-electron chi connectivity index (χ0n) is 25.3. The van der Waals surface area contributed by atoms with Crippen molar-refractivity contribution in [2.45, 2.75) is 80.9 Å². The average molecular weight is 593 g/mol. The first kappa shape index (κ1) is 29.7. The topological polar surface area (TPSA) is 60.7 Å². The summed E-state index contributed by atoms with van der Waals surface area (Å²) in [5, 5.41) is 30.0. The quantitative estimate of drug-likeness (QED) is 0.169. The summed E-state index contributed by atoms with van der Waals surface area (Å²) in [5.41, 5.74) is 5.17. The number of thiol groups is 1. The van der Waals surface area contributed by atoms with Crippen LogP contribution in [-0.4, -0.2) is 15.3 Å². The molecule has 224 valence electrons. The van der Waals surface area contributed by atoms with Crippen LogP contribution in [0.3, 0.4) is 0 Å². The third-order valence-corrected chi connectivity index (χ3v) is 11.8. The molecule has 0 amide bonds. The van der Waals surface area contributed by atoms with Gasteiger partial charge in [0.1, 0.15) is 17.2 Å². The molecule has 4 aromatic carbocycles. The van der Waals surface area contributed by atoms with Crippen LogP contribution < -0.4 is 0 Å². The van der Waals surface area contributed by atoms with E-state index in [0.29, 0.717) is 29.1 Å². The lowest BCUT2D eigenvalue weighted by Crippen LogP contribution is -2.43. The van der Waals surface area contributed by atoms with Gasteiger partial charge in [0, 0.05) is 15.7 Å². The maximum absolute atomic E-state index is 10.0. The van der Waals surface area contributed by atoms with Gasteiger partial charge in [-0.3, -0.25) is 0 Å². The van der Waals surface area contributed by atoms with Crippen LogP contribution in [-0.2, 0) is 10.8 Å². The predicted molar refractivity (Wildman–Crippen MR) is 177 cm³/mol. The highest BCUT2D eigenvalue weighted by Gasteiger charge is 2.48. The van der Waals surface area contributed by atoms with Gasteiger partial charge in [-0.15, -0.1) is 12.6 Å². The minimum absolute atomic E-state index is 0.0544. The number of hydrogen-bond donors (Lipinski definition) is 4. The highest BCUT2D eigenvalue weighted by atomic mass is 32.1. The summed E-state index contributed by atoms with van der Waals surface area (Å²) in [5.74, 6) is 2.17. The first-order chi connectivity index (χ1) is 20.6. The number of rotatable bonds is 6. The Bertz CT molecular complexity index is 1290. The van der Waals surface area contributed by atoms with Crippen LogP contribution >= 0.6 is 12.6 Å². The van der Waals surface area contributed by atoms with Crippen molar-refractivity contribution < 1.29 is 15.3 Å². The Labute approximate surface area is 262 Å². The molecule has 2 saturated carbocycles. The molecular formula is C39H44O3S.